The van der Waals surface area contributed by atoms with Gasteiger partial charge in [-0.15, -0.1) is 0 Å². The summed E-state index contributed by atoms with van der Waals surface area (Å²) in [6.45, 7) is 13.5. The Labute approximate surface area is 234 Å². The first-order valence-corrected chi connectivity index (χ1v) is 14.3. The monoisotopic (exact) mass is 512 g/mol. The van der Waals surface area contributed by atoms with E-state index in [-0.39, 0.29) is 6.04 Å². The molecule has 0 spiro atoms. The van der Waals surface area contributed by atoms with E-state index in [1.165, 1.54) is 55.4 Å². The van der Waals surface area contributed by atoms with E-state index in [0.717, 1.165) is 24.2 Å². The van der Waals surface area contributed by atoms with Crippen LogP contribution in [0.5, 0.6) is 0 Å². The van der Waals surface area contributed by atoms with Crippen molar-refractivity contribution in [2.75, 3.05) is 5.32 Å². The Kier molecular flexibility index (Phi) is 7.84. The second-order valence-electron chi connectivity index (χ2n) is 11.2. The minimum atomic E-state index is -0.0731. The zero-order valence-electron chi connectivity index (χ0n) is 24.2. The van der Waals surface area contributed by atoms with Crippen LogP contribution >= 0.6 is 0 Å². The topological polar surface area (TPSA) is 24.9 Å². The van der Waals surface area contributed by atoms with Crippen molar-refractivity contribution < 1.29 is 0 Å². The van der Waals surface area contributed by atoms with Gasteiger partial charge in [-0.2, -0.15) is 0 Å². The van der Waals surface area contributed by atoms with Crippen LogP contribution in [0, 0.1) is 20.8 Å². The summed E-state index contributed by atoms with van der Waals surface area (Å²) in [5.74, 6) is 0.417. The molecule has 0 radical (unpaired) electrons. The predicted octanol–water partition coefficient (Wildman–Crippen LogP) is 10.1. The van der Waals surface area contributed by atoms with E-state index in [9.17, 15) is 0 Å². The number of aromatic nitrogens is 1. The predicted molar refractivity (Wildman–Crippen MR) is 168 cm³/mol. The van der Waals surface area contributed by atoms with Gasteiger partial charge in [0.15, 0.2) is 0 Å². The SMILES string of the molecule is CCCc1cccc(C(C)C)c1NC(c1cccc(-c2cccc3ccccc23)n1)c1c(C)cc(C)cc1C. The van der Waals surface area contributed by atoms with Gasteiger partial charge in [0.1, 0.15) is 0 Å². The molecule has 0 bridgehead atoms. The lowest BCUT2D eigenvalue weighted by atomic mass is 9.89. The Hall–Kier alpha value is -3.91. The van der Waals surface area contributed by atoms with Gasteiger partial charge in [0.25, 0.3) is 0 Å². The van der Waals surface area contributed by atoms with Crippen molar-refractivity contribution in [2.45, 2.75) is 66.3 Å². The number of fused-ring (bicyclic) bond motifs is 1. The maximum atomic E-state index is 5.36. The van der Waals surface area contributed by atoms with E-state index in [2.05, 4.69) is 138 Å². The number of pyridine rings is 1. The Morgan fingerprint density at radius 3 is 2.21 bits per heavy atom. The molecule has 1 unspecified atom stereocenters. The zero-order valence-corrected chi connectivity index (χ0v) is 24.2. The largest absolute Gasteiger partial charge is 0.372 e. The van der Waals surface area contributed by atoms with Gasteiger partial charge in [-0.05, 0) is 83.8 Å². The first kappa shape index (κ1) is 26.7. The molecule has 1 aromatic heterocycles. The highest BCUT2D eigenvalue weighted by Gasteiger charge is 2.24. The van der Waals surface area contributed by atoms with Gasteiger partial charge in [-0.1, -0.05) is 112 Å². The molecule has 1 atom stereocenters. The quantitative estimate of drug-likeness (QED) is 0.224. The number of rotatable bonds is 8. The molecule has 4 aromatic carbocycles. The van der Waals surface area contributed by atoms with Gasteiger partial charge >= 0.3 is 0 Å². The second kappa shape index (κ2) is 11.5. The molecule has 5 rings (SSSR count). The molecule has 5 aromatic rings. The number of benzene rings is 4. The summed E-state index contributed by atoms with van der Waals surface area (Å²) in [6, 6.07) is 32.8. The lowest BCUT2D eigenvalue weighted by Gasteiger charge is -2.28. The molecule has 1 heterocycles. The molecule has 0 saturated carbocycles. The Balaban J connectivity index is 1.71. The lowest BCUT2D eigenvalue weighted by molar-refractivity contribution is 0.824. The average Bonchev–Trinajstić information content (AvgIpc) is 2.92. The number of hydrogen-bond acceptors (Lipinski definition) is 2. The number of anilines is 1. The summed E-state index contributed by atoms with van der Waals surface area (Å²) in [5.41, 5.74) is 12.4. The van der Waals surface area contributed by atoms with Crippen LogP contribution in [0.15, 0.2) is 91.0 Å². The summed E-state index contributed by atoms with van der Waals surface area (Å²) in [5, 5.41) is 6.53. The molecule has 198 valence electrons. The Morgan fingerprint density at radius 1 is 0.769 bits per heavy atom. The van der Waals surface area contributed by atoms with Crippen LogP contribution < -0.4 is 5.32 Å². The molecular formula is C37H40N2. The molecule has 0 aliphatic carbocycles. The molecule has 2 heteroatoms. The number of hydrogen-bond donors (Lipinski definition) is 1. The molecule has 1 N–H and O–H groups in total. The molecule has 0 saturated heterocycles. The summed E-state index contributed by atoms with van der Waals surface area (Å²) in [6.07, 6.45) is 2.16. The number of aryl methyl sites for hydroxylation is 4. The van der Waals surface area contributed by atoms with Crippen molar-refractivity contribution >= 4 is 16.5 Å². The van der Waals surface area contributed by atoms with E-state index in [4.69, 9.17) is 4.98 Å². The average molecular weight is 513 g/mol. The standard InChI is InChI=1S/C37H40N2/c1-7-13-29-16-11-18-30(24(2)3)36(29)39-37(35-26(5)22-25(4)23-27(35)6)34-21-12-20-33(38-34)32-19-10-15-28-14-8-9-17-31(28)32/h8-12,14-24,37,39H,7,13H2,1-6H3. The minimum absolute atomic E-state index is 0.0731. The van der Waals surface area contributed by atoms with Crippen LogP contribution in [-0.4, -0.2) is 4.98 Å². The van der Waals surface area contributed by atoms with Crippen molar-refractivity contribution in [3.05, 3.63) is 130 Å². The van der Waals surface area contributed by atoms with E-state index >= 15 is 0 Å². The second-order valence-corrected chi connectivity index (χ2v) is 11.2. The zero-order chi connectivity index (χ0) is 27.5. The fraction of sp³-hybridized carbons (Fsp3) is 0.270. The van der Waals surface area contributed by atoms with Crippen LogP contribution in [0.1, 0.15) is 78.2 Å². The van der Waals surface area contributed by atoms with Gasteiger partial charge in [0, 0.05) is 11.3 Å². The maximum absolute atomic E-state index is 5.36. The Bertz CT molecular complexity index is 1580. The van der Waals surface area contributed by atoms with Crippen molar-refractivity contribution in [2.24, 2.45) is 0 Å². The summed E-state index contributed by atoms with van der Waals surface area (Å²) < 4.78 is 0. The fourth-order valence-corrected chi connectivity index (χ4v) is 6.05. The summed E-state index contributed by atoms with van der Waals surface area (Å²) in [7, 11) is 0. The number of nitrogens with zero attached hydrogens (tertiary/aromatic N) is 1. The van der Waals surface area contributed by atoms with Gasteiger partial charge in [0.05, 0.1) is 17.4 Å². The van der Waals surface area contributed by atoms with E-state index in [0.29, 0.717) is 5.92 Å². The highest BCUT2D eigenvalue weighted by atomic mass is 15.0. The molecule has 0 aliphatic rings. The van der Waals surface area contributed by atoms with Gasteiger partial charge in [-0.3, -0.25) is 4.98 Å². The molecule has 2 nitrogen and oxygen atoms in total. The number of nitrogens with one attached hydrogen (secondary N) is 1. The third-order valence-corrected chi connectivity index (χ3v) is 7.77. The maximum Gasteiger partial charge on any atom is 0.0945 e. The molecular weight excluding hydrogens is 472 g/mol. The third-order valence-electron chi connectivity index (χ3n) is 7.77. The summed E-state index contributed by atoms with van der Waals surface area (Å²) in [4.78, 5) is 5.36. The van der Waals surface area contributed by atoms with Crippen LogP contribution in [0.2, 0.25) is 0 Å². The first-order valence-electron chi connectivity index (χ1n) is 14.3. The van der Waals surface area contributed by atoms with E-state index < -0.39 is 0 Å². The van der Waals surface area contributed by atoms with Gasteiger partial charge in [0.2, 0.25) is 0 Å². The van der Waals surface area contributed by atoms with E-state index in [1.807, 2.05) is 0 Å². The fourth-order valence-electron chi connectivity index (χ4n) is 6.05. The molecule has 0 fully saturated rings. The Morgan fingerprint density at radius 2 is 1.46 bits per heavy atom. The van der Waals surface area contributed by atoms with Crippen molar-refractivity contribution in [3.8, 4) is 11.3 Å². The molecule has 0 amide bonds. The van der Waals surface area contributed by atoms with Crippen molar-refractivity contribution in [3.63, 3.8) is 0 Å². The molecule has 0 aliphatic heterocycles. The van der Waals surface area contributed by atoms with Gasteiger partial charge in [-0.25, -0.2) is 0 Å². The smallest absolute Gasteiger partial charge is 0.0945 e. The van der Waals surface area contributed by atoms with Crippen LogP contribution in [0.25, 0.3) is 22.0 Å². The first-order chi connectivity index (χ1) is 18.9. The third kappa shape index (κ3) is 5.47. The van der Waals surface area contributed by atoms with Crippen molar-refractivity contribution in [1.29, 1.82) is 0 Å². The van der Waals surface area contributed by atoms with Gasteiger partial charge < -0.3 is 5.32 Å². The normalized spacial score (nSPS) is 12.2. The van der Waals surface area contributed by atoms with Crippen LogP contribution in [0.4, 0.5) is 5.69 Å². The van der Waals surface area contributed by atoms with Crippen LogP contribution in [0.3, 0.4) is 0 Å². The van der Waals surface area contributed by atoms with Crippen molar-refractivity contribution in [1.82, 2.24) is 4.98 Å². The van der Waals surface area contributed by atoms with Crippen LogP contribution in [-0.2, 0) is 6.42 Å². The lowest BCUT2D eigenvalue weighted by Crippen LogP contribution is -2.19. The highest BCUT2D eigenvalue weighted by molar-refractivity contribution is 5.95. The highest BCUT2D eigenvalue weighted by Crippen LogP contribution is 2.37. The minimum Gasteiger partial charge on any atom is -0.372 e. The van der Waals surface area contributed by atoms with E-state index in [1.54, 1.807) is 0 Å². The molecule has 39 heavy (non-hydrogen) atoms. The summed E-state index contributed by atoms with van der Waals surface area (Å²) >= 11 is 0. The number of para-hydroxylation sites is 1.